The number of hydrogen-bond donors (Lipinski definition) is 2. The Kier molecular flexibility index (Phi) is 9.03. The van der Waals surface area contributed by atoms with Crippen LogP contribution in [0.15, 0.2) is 52.5 Å². The lowest BCUT2D eigenvalue weighted by molar-refractivity contribution is -0.127. The van der Waals surface area contributed by atoms with E-state index in [0.717, 1.165) is 10.6 Å². The van der Waals surface area contributed by atoms with Crippen molar-refractivity contribution in [3.05, 3.63) is 59.1 Å². The minimum Gasteiger partial charge on any atom is -0.356 e. The van der Waals surface area contributed by atoms with Crippen LogP contribution in [0, 0.1) is 5.82 Å². The highest BCUT2D eigenvalue weighted by Gasteiger charge is 2.07. The van der Waals surface area contributed by atoms with Crippen LogP contribution in [0.4, 0.5) is 4.39 Å². The average Bonchev–Trinajstić information content (AvgIpc) is 2.68. The van der Waals surface area contributed by atoms with E-state index in [1.807, 2.05) is 24.3 Å². The summed E-state index contributed by atoms with van der Waals surface area (Å²) in [6.45, 7) is 0.774. The third-order valence-corrected chi connectivity index (χ3v) is 4.87. The van der Waals surface area contributed by atoms with Crippen LogP contribution in [0.25, 0.3) is 0 Å². The minimum absolute atomic E-state index is 0.0719. The molecule has 0 fully saturated rings. The highest BCUT2D eigenvalue weighted by atomic mass is 35.5. The first kappa shape index (κ1) is 22.0. The van der Waals surface area contributed by atoms with Gasteiger partial charge in [0.15, 0.2) is 5.96 Å². The summed E-state index contributed by atoms with van der Waals surface area (Å²) < 4.78 is 13.7. The van der Waals surface area contributed by atoms with Gasteiger partial charge in [-0.3, -0.25) is 9.78 Å². The second-order valence-electron chi connectivity index (χ2n) is 5.97. The summed E-state index contributed by atoms with van der Waals surface area (Å²) in [6, 6.07) is 10.5. The number of pyridine rings is 1. The van der Waals surface area contributed by atoms with Gasteiger partial charge in [-0.15, -0.1) is 11.8 Å². The summed E-state index contributed by atoms with van der Waals surface area (Å²) in [7, 11) is 3.36. The van der Waals surface area contributed by atoms with Crippen molar-refractivity contribution in [2.24, 2.45) is 4.99 Å². The Morgan fingerprint density at radius 3 is 2.68 bits per heavy atom. The maximum atomic E-state index is 13.7. The fourth-order valence-corrected chi connectivity index (χ4v) is 2.94. The number of halogens is 2. The second kappa shape index (κ2) is 11.5. The van der Waals surface area contributed by atoms with Crippen molar-refractivity contribution in [2.75, 3.05) is 32.9 Å². The molecule has 0 atom stereocenters. The average molecular weight is 424 g/mol. The standard InChI is InChI=1S/C19H23ClFN5OS/c1-26(2)18(27)13-25-19(24-12-17-16(21)4-3-9-22-17)23-10-11-28-15-7-5-14(20)6-8-15/h3-9H,10-13H2,1-2H3,(H2,23,24,25). The molecule has 150 valence electrons. The number of amides is 1. The highest BCUT2D eigenvalue weighted by Crippen LogP contribution is 2.19. The molecule has 0 spiro atoms. The van der Waals surface area contributed by atoms with Crippen LogP contribution in [-0.2, 0) is 11.3 Å². The van der Waals surface area contributed by atoms with Gasteiger partial charge in [-0.1, -0.05) is 11.6 Å². The molecule has 0 saturated carbocycles. The number of guanidine groups is 1. The number of benzene rings is 1. The number of aliphatic imine (C=N–C) groups is 1. The fourth-order valence-electron chi connectivity index (χ4n) is 2.05. The quantitative estimate of drug-likeness (QED) is 0.296. The molecule has 0 saturated heterocycles. The summed E-state index contributed by atoms with van der Waals surface area (Å²) >= 11 is 7.55. The van der Waals surface area contributed by atoms with Gasteiger partial charge in [0.1, 0.15) is 5.82 Å². The Hall–Kier alpha value is -2.32. The van der Waals surface area contributed by atoms with Crippen LogP contribution in [0.1, 0.15) is 5.69 Å². The van der Waals surface area contributed by atoms with Gasteiger partial charge in [-0.25, -0.2) is 9.38 Å². The van der Waals surface area contributed by atoms with Crippen LogP contribution in [0.5, 0.6) is 0 Å². The number of thioether (sulfide) groups is 1. The molecule has 0 aliphatic rings. The zero-order chi connectivity index (χ0) is 20.4. The Bertz CT molecular complexity index is 801. The zero-order valence-corrected chi connectivity index (χ0v) is 17.4. The van der Waals surface area contributed by atoms with E-state index < -0.39 is 5.82 Å². The monoisotopic (exact) mass is 423 g/mol. The van der Waals surface area contributed by atoms with Crippen LogP contribution in [0.3, 0.4) is 0 Å². The van der Waals surface area contributed by atoms with Crippen molar-refractivity contribution in [3.8, 4) is 0 Å². The summed E-state index contributed by atoms with van der Waals surface area (Å²) in [5.74, 6) is 0.710. The molecular formula is C19H23ClFN5OS. The Balaban J connectivity index is 1.90. The van der Waals surface area contributed by atoms with Gasteiger partial charge in [-0.2, -0.15) is 0 Å². The van der Waals surface area contributed by atoms with Crippen molar-refractivity contribution in [2.45, 2.75) is 11.4 Å². The molecule has 0 aliphatic carbocycles. The third-order valence-electron chi connectivity index (χ3n) is 3.60. The summed E-state index contributed by atoms with van der Waals surface area (Å²) in [5.41, 5.74) is 0.248. The molecule has 2 aromatic rings. The Morgan fingerprint density at radius 1 is 1.25 bits per heavy atom. The predicted molar refractivity (Wildman–Crippen MR) is 112 cm³/mol. The Morgan fingerprint density at radius 2 is 2.00 bits per heavy atom. The first-order valence-corrected chi connectivity index (χ1v) is 10.0. The molecule has 1 aromatic carbocycles. The second-order valence-corrected chi connectivity index (χ2v) is 7.57. The van der Waals surface area contributed by atoms with E-state index in [-0.39, 0.29) is 24.7 Å². The molecule has 0 bridgehead atoms. The summed E-state index contributed by atoms with van der Waals surface area (Å²) in [5, 5.41) is 6.83. The van der Waals surface area contributed by atoms with E-state index in [2.05, 4.69) is 20.6 Å². The number of carbonyl (C=O) groups excluding carboxylic acids is 1. The predicted octanol–water partition coefficient (Wildman–Crippen LogP) is 2.79. The number of carbonyl (C=O) groups is 1. The molecule has 2 N–H and O–H groups in total. The van der Waals surface area contributed by atoms with Gasteiger partial charge in [0.2, 0.25) is 5.91 Å². The topological polar surface area (TPSA) is 69.6 Å². The van der Waals surface area contributed by atoms with E-state index in [1.54, 1.807) is 25.9 Å². The number of nitrogens with zero attached hydrogens (tertiary/aromatic N) is 3. The van der Waals surface area contributed by atoms with Crippen molar-refractivity contribution in [1.29, 1.82) is 0 Å². The number of rotatable bonds is 8. The van der Waals surface area contributed by atoms with Crippen molar-refractivity contribution in [3.63, 3.8) is 0 Å². The van der Waals surface area contributed by atoms with Gasteiger partial charge in [0, 0.05) is 42.5 Å². The molecule has 1 aromatic heterocycles. The van der Waals surface area contributed by atoms with E-state index in [4.69, 9.17) is 11.6 Å². The van der Waals surface area contributed by atoms with Crippen LogP contribution in [-0.4, -0.2) is 54.7 Å². The van der Waals surface area contributed by atoms with Crippen LogP contribution in [0.2, 0.25) is 5.02 Å². The lowest BCUT2D eigenvalue weighted by atomic mass is 10.3. The smallest absolute Gasteiger partial charge is 0.241 e. The molecule has 2 rings (SSSR count). The van der Waals surface area contributed by atoms with E-state index in [0.29, 0.717) is 17.5 Å². The molecule has 6 nitrogen and oxygen atoms in total. The fraction of sp³-hybridized carbons (Fsp3) is 0.316. The molecule has 0 unspecified atom stereocenters. The SMILES string of the molecule is CN(C)C(=O)CNC(=NCc1ncccc1F)NCCSc1ccc(Cl)cc1. The van der Waals surface area contributed by atoms with Crippen molar-refractivity contribution >= 4 is 35.2 Å². The highest BCUT2D eigenvalue weighted by molar-refractivity contribution is 7.99. The largest absolute Gasteiger partial charge is 0.356 e. The van der Waals surface area contributed by atoms with E-state index >= 15 is 0 Å². The molecule has 1 amide bonds. The molecule has 1 heterocycles. The number of hydrogen-bond acceptors (Lipinski definition) is 4. The van der Waals surface area contributed by atoms with E-state index in [1.165, 1.54) is 23.2 Å². The van der Waals surface area contributed by atoms with E-state index in [9.17, 15) is 9.18 Å². The molecule has 0 aliphatic heterocycles. The van der Waals surface area contributed by atoms with Crippen molar-refractivity contribution < 1.29 is 9.18 Å². The number of nitrogens with one attached hydrogen (secondary N) is 2. The van der Waals surface area contributed by atoms with Gasteiger partial charge in [-0.05, 0) is 36.4 Å². The maximum absolute atomic E-state index is 13.7. The minimum atomic E-state index is -0.409. The van der Waals surface area contributed by atoms with Gasteiger partial charge < -0.3 is 15.5 Å². The summed E-state index contributed by atoms with van der Waals surface area (Å²) in [4.78, 5) is 22.7. The lowest BCUT2D eigenvalue weighted by Gasteiger charge is -2.15. The molecule has 9 heteroatoms. The lowest BCUT2D eigenvalue weighted by Crippen LogP contribution is -2.43. The van der Waals surface area contributed by atoms with Crippen molar-refractivity contribution in [1.82, 2.24) is 20.5 Å². The maximum Gasteiger partial charge on any atom is 0.241 e. The number of aromatic nitrogens is 1. The van der Waals surface area contributed by atoms with Gasteiger partial charge in [0.05, 0.1) is 18.8 Å². The normalized spacial score (nSPS) is 11.2. The van der Waals surface area contributed by atoms with Crippen LogP contribution >= 0.6 is 23.4 Å². The Labute approximate surface area is 173 Å². The third kappa shape index (κ3) is 7.74. The first-order valence-electron chi connectivity index (χ1n) is 8.66. The zero-order valence-electron chi connectivity index (χ0n) is 15.8. The molecule has 0 radical (unpaired) electrons. The van der Waals surface area contributed by atoms with Gasteiger partial charge >= 0.3 is 0 Å². The molecular weight excluding hydrogens is 401 g/mol. The summed E-state index contributed by atoms with van der Waals surface area (Å²) in [6.07, 6.45) is 1.52. The molecule has 28 heavy (non-hydrogen) atoms. The first-order chi connectivity index (χ1) is 13.5. The number of likely N-dealkylation sites (N-methyl/N-ethyl adjacent to an activating group) is 1. The van der Waals surface area contributed by atoms with Gasteiger partial charge in [0.25, 0.3) is 0 Å². The van der Waals surface area contributed by atoms with Crippen LogP contribution < -0.4 is 10.6 Å².